The van der Waals surface area contributed by atoms with E-state index in [9.17, 15) is 0 Å². The van der Waals surface area contributed by atoms with Crippen molar-refractivity contribution in [1.29, 1.82) is 0 Å². The third-order valence-corrected chi connectivity index (χ3v) is 9.34. The van der Waals surface area contributed by atoms with E-state index in [1.54, 1.807) is 0 Å². The van der Waals surface area contributed by atoms with Crippen molar-refractivity contribution < 1.29 is 9.68 Å². The van der Waals surface area contributed by atoms with Crippen LogP contribution in [0, 0.1) is 0 Å². The van der Waals surface area contributed by atoms with Crippen LogP contribution in [0.2, 0.25) is 10.0 Å². The van der Waals surface area contributed by atoms with Crippen LogP contribution < -0.4 is 4.65 Å². The van der Waals surface area contributed by atoms with E-state index >= 15 is 0 Å². The van der Waals surface area contributed by atoms with Crippen LogP contribution >= 0.6 is 39.1 Å². The zero-order chi connectivity index (χ0) is 37.5. The van der Waals surface area contributed by atoms with Crippen molar-refractivity contribution in [3.63, 3.8) is 0 Å². The molecule has 0 spiro atoms. The summed E-state index contributed by atoms with van der Waals surface area (Å²) in [5.41, 5.74) is 11.6. The average Bonchev–Trinajstić information content (AvgIpc) is 3.22. The zero-order valence-electron chi connectivity index (χ0n) is 29.2. The Hall–Kier alpha value is -5.36. The summed E-state index contributed by atoms with van der Waals surface area (Å²) in [5.74, 6) is 0.622. The molecule has 8 rings (SSSR count). The van der Waals surface area contributed by atoms with Gasteiger partial charge in [-0.3, -0.25) is 0 Å². The van der Waals surface area contributed by atoms with E-state index in [0.717, 1.165) is 42.3 Å². The molecule has 0 saturated heterocycles. The van der Waals surface area contributed by atoms with Crippen LogP contribution in [-0.4, -0.2) is 12.7 Å². The minimum Gasteiger partial charge on any atom is -0.537 e. The number of halogens is 3. The Morgan fingerprint density at radius 2 is 0.648 bits per heavy atom. The largest absolute Gasteiger partial charge is 0.569 e. The SMILES string of the molecule is Clc1cc(-c2ccccc2)cc(-c2ccc(-c3ccccc3)cc2)c1.Clc1cc(Br)cc(-c2ccccc2)c1.O[B]Oc1ccc(-c2ccccc2)cc1. The van der Waals surface area contributed by atoms with Crippen LogP contribution in [0.5, 0.6) is 5.75 Å². The summed E-state index contributed by atoms with van der Waals surface area (Å²) in [6, 6.07) is 69.3. The van der Waals surface area contributed by atoms with Gasteiger partial charge in [-0.25, -0.2) is 0 Å². The maximum absolute atomic E-state index is 8.46. The molecule has 1 radical (unpaired) electrons. The molecule has 0 atom stereocenters. The van der Waals surface area contributed by atoms with Crippen molar-refractivity contribution in [2.24, 2.45) is 0 Å². The topological polar surface area (TPSA) is 29.5 Å². The molecule has 0 aliphatic rings. The Labute approximate surface area is 336 Å². The quantitative estimate of drug-likeness (QED) is 0.163. The second-order valence-corrected chi connectivity index (χ2v) is 14.0. The van der Waals surface area contributed by atoms with E-state index in [0.29, 0.717) is 13.4 Å². The van der Waals surface area contributed by atoms with Crippen molar-refractivity contribution in [2.45, 2.75) is 0 Å². The molecule has 0 unspecified atom stereocenters. The molecular weight excluding hydrogens is 770 g/mol. The summed E-state index contributed by atoms with van der Waals surface area (Å²) in [5, 5.41) is 9.96. The lowest BCUT2D eigenvalue weighted by atomic mass is 9.97. The van der Waals surface area contributed by atoms with Crippen molar-refractivity contribution >= 4 is 46.8 Å². The molecule has 1 N–H and O–H groups in total. The summed E-state index contributed by atoms with van der Waals surface area (Å²) in [7, 11) is 0.678. The monoisotopic (exact) mass is 803 g/mol. The van der Waals surface area contributed by atoms with Crippen molar-refractivity contribution in [1.82, 2.24) is 0 Å². The van der Waals surface area contributed by atoms with Gasteiger partial charge < -0.3 is 9.68 Å². The summed E-state index contributed by atoms with van der Waals surface area (Å²) in [6.45, 7) is 0. The fraction of sp³-hybridized carbons (Fsp3) is 0. The van der Waals surface area contributed by atoms with Gasteiger partial charge in [0.15, 0.2) is 0 Å². The second kappa shape index (κ2) is 19.6. The third-order valence-electron chi connectivity index (χ3n) is 8.45. The number of hydrogen-bond acceptors (Lipinski definition) is 2. The molecule has 0 amide bonds. The molecule has 263 valence electrons. The highest BCUT2D eigenvalue weighted by atomic mass is 79.9. The molecule has 8 aromatic carbocycles. The molecule has 2 nitrogen and oxygen atoms in total. The van der Waals surface area contributed by atoms with Gasteiger partial charge >= 0.3 is 7.69 Å². The van der Waals surface area contributed by atoms with Gasteiger partial charge in [-0.15, -0.1) is 0 Å². The molecule has 0 aromatic heterocycles. The molecule has 0 saturated carbocycles. The first-order chi connectivity index (χ1) is 26.4. The van der Waals surface area contributed by atoms with E-state index in [1.807, 2.05) is 121 Å². The maximum Gasteiger partial charge on any atom is 0.569 e. The summed E-state index contributed by atoms with van der Waals surface area (Å²) in [4.78, 5) is 0. The average molecular weight is 805 g/mol. The molecule has 6 heteroatoms. The predicted molar refractivity (Wildman–Crippen MR) is 233 cm³/mol. The van der Waals surface area contributed by atoms with Gasteiger partial charge in [-0.2, -0.15) is 0 Å². The van der Waals surface area contributed by atoms with E-state index in [-0.39, 0.29) is 0 Å². The second-order valence-electron chi connectivity index (χ2n) is 12.2. The van der Waals surface area contributed by atoms with Gasteiger partial charge in [-0.1, -0.05) is 197 Å². The number of hydrogen-bond donors (Lipinski definition) is 1. The predicted octanol–water partition coefficient (Wildman–Crippen LogP) is 14.4. The first-order valence-electron chi connectivity index (χ1n) is 17.3. The summed E-state index contributed by atoms with van der Waals surface area (Å²) >= 11 is 15.8. The summed E-state index contributed by atoms with van der Waals surface area (Å²) < 4.78 is 5.83. The van der Waals surface area contributed by atoms with E-state index in [1.165, 1.54) is 27.8 Å². The Morgan fingerprint density at radius 1 is 0.352 bits per heavy atom. The molecule has 54 heavy (non-hydrogen) atoms. The fourth-order valence-corrected chi connectivity index (χ4v) is 6.90. The molecule has 0 heterocycles. The standard InChI is InChI=1S/C24H17Cl.C12H10BO2.C12H8BrCl/c25-24-16-22(19-9-5-2-6-10-19)15-23(17-24)21-13-11-20(12-14-21)18-7-3-1-4-8-18;14-13-15-12-8-6-11(7-9-12)10-4-2-1-3-5-10;13-11-6-10(7-12(14)8-11)9-4-2-1-3-5-9/h1-17H;1-9,14H;1-8H. The molecular formula is C48H35BBrCl2O2. The van der Waals surface area contributed by atoms with Crippen LogP contribution in [0.3, 0.4) is 0 Å². The first kappa shape index (κ1) is 38.4. The van der Waals surface area contributed by atoms with Crippen LogP contribution in [0.25, 0.3) is 55.6 Å². The normalized spacial score (nSPS) is 10.2. The van der Waals surface area contributed by atoms with E-state index in [4.69, 9.17) is 32.9 Å². The lowest BCUT2D eigenvalue weighted by Gasteiger charge is -2.09. The molecule has 8 aromatic rings. The van der Waals surface area contributed by atoms with Crippen LogP contribution in [0.4, 0.5) is 0 Å². The van der Waals surface area contributed by atoms with Crippen molar-refractivity contribution in [3.8, 4) is 61.4 Å². The first-order valence-corrected chi connectivity index (χ1v) is 18.8. The van der Waals surface area contributed by atoms with E-state index < -0.39 is 0 Å². The number of benzene rings is 8. The molecule has 0 aliphatic carbocycles. The van der Waals surface area contributed by atoms with Gasteiger partial charge in [0.25, 0.3) is 0 Å². The fourth-order valence-electron chi connectivity index (χ4n) is 5.81. The third kappa shape index (κ3) is 11.1. The lowest BCUT2D eigenvalue weighted by Crippen LogP contribution is -1.99. The highest BCUT2D eigenvalue weighted by molar-refractivity contribution is 9.10. The van der Waals surface area contributed by atoms with Gasteiger partial charge in [0, 0.05) is 14.5 Å². The lowest BCUT2D eigenvalue weighted by molar-refractivity contribution is 0.454. The molecule has 0 bridgehead atoms. The van der Waals surface area contributed by atoms with Gasteiger partial charge in [0.1, 0.15) is 5.75 Å². The number of rotatable bonds is 7. The minimum absolute atomic E-state index is 0.622. The highest BCUT2D eigenvalue weighted by Crippen LogP contribution is 2.32. The van der Waals surface area contributed by atoms with E-state index in [2.05, 4.69) is 101 Å². The Morgan fingerprint density at radius 3 is 1.02 bits per heavy atom. The van der Waals surface area contributed by atoms with Gasteiger partial charge in [0.2, 0.25) is 0 Å². The summed E-state index contributed by atoms with van der Waals surface area (Å²) in [6.07, 6.45) is 0. The van der Waals surface area contributed by atoms with Crippen molar-refractivity contribution in [2.75, 3.05) is 0 Å². The maximum atomic E-state index is 8.46. The van der Waals surface area contributed by atoms with Gasteiger partial charge in [0.05, 0.1) is 0 Å². The minimum atomic E-state index is 0.622. The Balaban J connectivity index is 0.000000148. The molecule has 0 aliphatic heterocycles. The van der Waals surface area contributed by atoms with Crippen LogP contribution in [-0.2, 0) is 0 Å². The van der Waals surface area contributed by atoms with Gasteiger partial charge in [-0.05, 0) is 104 Å². The van der Waals surface area contributed by atoms with Crippen molar-refractivity contribution in [3.05, 3.63) is 221 Å². The molecule has 0 fully saturated rings. The van der Waals surface area contributed by atoms with Crippen LogP contribution in [0.15, 0.2) is 211 Å². The zero-order valence-corrected chi connectivity index (χ0v) is 32.3. The Bertz CT molecular complexity index is 2320. The smallest absolute Gasteiger partial charge is 0.537 e. The highest BCUT2D eigenvalue weighted by Gasteiger charge is 2.06. The van der Waals surface area contributed by atoms with Crippen LogP contribution in [0.1, 0.15) is 0 Å². The Kier molecular flexibility index (Phi) is 14.0.